The first-order chi connectivity index (χ1) is 8.70. The smallest absolute Gasteiger partial charge is 0.121 e. The second kappa shape index (κ2) is 3.86. The lowest BCUT2D eigenvalue weighted by molar-refractivity contribution is -0.0496. The maximum Gasteiger partial charge on any atom is 0.121 e. The van der Waals surface area contributed by atoms with Gasteiger partial charge < -0.3 is 10.2 Å². The van der Waals surface area contributed by atoms with Crippen LogP contribution in [-0.2, 0) is 0 Å². The number of rotatable bonds is 2. The Morgan fingerprint density at radius 1 is 1.06 bits per heavy atom. The van der Waals surface area contributed by atoms with Crippen molar-refractivity contribution in [2.24, 2.45) is 35.3 Å². The Hall–Kier alpha value is -0.760. The lowest BCUT2D eigenvalue weighted by atomic mass is 9.50. The van der Waals surface area contributed by atoms with Crippen LogP contribution in [0, 0.1) is 36.5 Å². The third kappa shape index (κ3) is 1.58. The van der Waals surface area contributed by atoms with Crippen LogP contribution in [0.15, 0.2) is 16.5 Å². The molecule has 98 valence electrons. The van der Waals surface area contributed by atoms with Gasteiger partial charge in [0.1, 0.15) is 11.5 Å². The fourth-order valence-electron chi connectivity index (χ4n) is 5.38. The van der Waals surface area contributed by atoms with E-state index in [2.05, 4.69) is 6.07 Å². The SMILES string of the molecule is Cc1ccc(C(N)C2C3CC4CC(C3)CC2C4)o1. The number of hydrogen-bond donors (Lipinski definition) is 1. The lowest BCUT2D eigenvalue weighted by Gasteiger charge is -2.55. The number of furan rings is 1. The van der Waals surface area contributed by atoms with Gasteiger partial charge in [-0.3, -0.25) is 0 Å². The highest BCUT2D eigenvalue weighted by atomic mass is 16.3. The molecule has 1 aromatic heterocycles. The average molecular weight is 245 g/mol. The van der Waals surface area contributed by atoms with Crippen molar-refractivity contribution in [3.05, 3.63) is 23.7 Å². The van der Waals surface area contributed by atoms with E-state index in [1.54, 1.807) is 0 Å². The molecule has 0 aliphatic heterocycles. The first-order valence-corrected chi connectivity index (χ1v) is 7.52. The van der Waals surface area contributed by atoms with Gasteiger partial charge in [-0.25, -0.2) is 0 Å². The molecule has 18 heavy (non-hydrogen) atoms. The van der Waals surface area contributed by atoms with Crippen molar-refractivity contribution in [2.45, 2.75) is 45.1 Å². The van der Waals surface area contributed by atoms with Crippen molar-refractivity contribution in [2.75, 3.05) is 0 Å². The minimum Gasteiger partial charge on any atom is -0.465 e. The third-order valence-corrected chi connectivity index (χ3v) is 5.80. The molecule has 4 saturated carbocycles. The molecule has 4 fully saturated rings. The van der Waals surface area contributed by atoms with E-state index in [0.29, 0.717) is 5.92 Å². The van der Waals surface area contributed by atoms with Gasteiger partial charge in [-0.2, -0.15) is 0 Å². The van der Waals surface area contributed by atoms with E-state index in [9.17, 15) is 0 Å². The van der Waals surface area contributed by atoms with Crippen LogP contribution in [0.4, 0.5) is 0 Å². The van der Waals surface area contributed by atoms with Crippen LogP contribution in [-0.4, -0.2) is 0 Å². The van der Waals surface area contributed by atoms with Crippen LogP contribution < -0.4 is 5.73 Å². The predicted molar refractivity (Wildman–Crippen MR) is 70.9 cm³/mol. The van der Waals surface area contributed by atoms with Crippen molar-refractivity contribution < 1.29 is 4.42 Å². The zero-order chi connectivity index (χ0) is 12.3. The van der Waals surface area contributed by atoms with E-state index in [4.69, 9.17) is 10.2 Å². The topological polar surface area (TPSA) is 39.2 Å². The molecule has 1 heterocycles. The lowest BCUT2D eigenvalue weighted by Crippen LogP contribution is -2.48. The highest BCUT2D eigenvalue weighted by molar-refractivity contribution is 5.13. The molecule has 0 saturated heterocycles. The Labute approximate surface area is 109 Å². The van der Waals surface area contributed by atoms with Gasteiger partial charge in [0.25, 0.3) is 0 Å². The standard InChI is InChI=1S/C16H23NO/c1-9-2-3-14(18-9)16(17)15-12-5-10-4-11(7-12)8-13(15)6-10/h2-3,10-13,15-16H,4-8,17H2,1H3. The zero-order valence-electron chi connectivity index (χ0n) is 11.1. The maximum atomic E-state index is 6.54. The van der Waals surface area contributed by atoms with Crippen molar-refractivity contribution in [1.29, 1.82) is 0 Å². The monoisotopic (exact) mass is 245 g/mol. The highest BCUT2D eigenvalue weighted by Gasteiger charge is 2.50. The molecule has 0 aromatic carbocycles. The Kier molecular flexibility index (Phi) is 2.38. The largest absolute Gasteiger partial charge is 0.465 e. The van der Waals surface area contributed by atoms with Crippen LogP contribution in [0.25, 0.3) is 0 Å². The van der Waals surface area contributed by atoms with E-state index in [1.165, 1.54) is 32.1 Å². The number of hydrogen-bond acceptors (Lipinski definition) is 2. The molecule has 2 N–H and O–H groups in total. The van der Waals surface area contributed by atoms with Crippen LogP contribution in [0.5, 0.6) is 0 Å². The Bertz CT molecular complexity index is 422. The van der Waals surface area contributed by atoms with E-state index in [1.807, 2.05) is 13.0 Å². The summed E-state index contributed by atoms with van der Waals surface area (Å²) in [6.45, 7) is 2.01. The third-order valence-electron chi connectivity index (χ3n) is 5.80. The minimum atomic E-state index is 0.133. The number of aryl methyl sites for hydroxylation is 1. The van der Waals surface area contributed by atoms with E-state index < -0.39 is 0 Å². The summed E-state index contributed by atoms with van der Waals surface area (Å²) in [6.07, 6.45) is 7.25. The van der Waals surface area contributed by atoms with Gasteiger partial charge in [-0.05, 0) is 80.8 Å². The molecule has 2 nitrogen and oxygen atoms in total. The predicted octanol–water partition coefficient (Wildman–Crippen LogP) is 3.66. The van der Waals surface area contributed by atoms with E-state index in [-0.39, 0.29) is 6.04 Å². The maximum absolute atomic E-state index is 6.54. The van der Waals surface area contributed by atoms with Gasteiger partial charge in [-0.1, -0.05) is 0 Å². The van der Waals surface area contributed by atoms with Gasteiger partial charge in [-0.15, -0.1) is 0 Å². The summed E-state index contributed by atoms with van der Waals surface area (Å²) in [7, 11) is 0. The van der Waals surface area contributed by atoms with Crippen LogP contribution >= 0.6 is 0 Å². The van der Waals surface area contributed by atoms with Crippen LogP contribution in [0.1, 0.15) is 49.7 Å². The molecule has 4 aliphatic carbocycles. The summed E-state index contributed by atoms with van der Waals surface area (Å²) in [4.78, 5) is 0. The van der Waals surface area contributed by atoms with Crippen molar-refractivity contribution in [1.82, 2.24) is 0 Å². The first kappa shape index (κ1) is 11.1. The van der Waals surface area contributed by atoms with E-state index >= 15 is 0 Å². The van der Waals surface area contributed by atoms with Gasteiger partial charge in [0, 0.05) is 0 Å². The average Bonchev–Trinajstić information content (AvgIpc) is 2.74. The van der Waals surface area contributed by atoms with Gasteiger partial charge >= 0.3 is 0 Å². The molecular formula is C16H23NO. The summed E-state index contributed by atoms with van der Waals surface area (Å²) >= 11 is 0. The van der Waals surface area contributed by atoms with Crippen molar-refractivity contribution in [3.8, 4) is 0 Å². The Balaban J connectivity index is 1.61. The molecule has 4 aliphatic rings. The van der Waals surface area contributed by atoms with Gasteiger partial charge in [0.2, 0.25) is 0 Å². The Morgan fingerprint density at radius 3 is 2.17 bits per heavy atom. The van der Waals surface area contributed by atoms with Crippen LogP contribution in [0.3, 0.4) is 0 Å². The summed E-state index contributed by atoms with van der Waals surface area (Å²) in [5, 5.41) is 0. The molecule has 2 heteroatoms. The zero-order valence-corrected chi connectivity index (χ0v) is 11.1. The molecule has 5 rings (SSSR count). The molecule has 1 atom stereocenters. The summed E-state index contributed by atoms with van der Waals surface area (Å²) in [5.74, 6) is 6.49. The molecule has 0 amide bonds. The first-order valence-electron chi connectivity index (χ1n) is 7.52. The molecule has 1 unspecified atom stereocenters. The number of nitrogens with two attached hydrogens (primary N) is 1. The molecule has 1 aromatic rings. The second-order valence-corrected chi connectivity index (χ2v) is 6.98. The Morgan fingerprint density at radius 2 is 1.67 bits per heavy atom. The fraction of sp³-hybridized carbons (Fsp3) is 0.750. The van der Waals surface area contributed by atoms with Gasteiger partial charge in [0.15, 0.2) is 0 Å². The highest BCUT2D eigenvalue weighted by Crippen LogP contribution is 2.58. The molecule has 4 bridgehead atoms. The molecular weight excluding hydrogens is 222 g/mol. The summed E-state index contributed by atoms with van der Waals surface area (Å²) < 4.78 is 5.78. The van der Waals surface area contributed by atoms with Gasteiger partial charge in [0.05, 0.1) is 6.04 Å². The molecule has 0 spiro atoms. The van der Waals surface area contributed by atoms with Crippen LogP contribution in [0.2, 0.25) is 0 Å². The minimum absolute atomic E-state index is 0.133. The second-order valence-electron chi connectivity index (χ2n) is 6.98. The fourth-order valence-corrected chi connectivity index (χ4v) is 5.38. The normalized spacial score (nSPS) is 43.3. The van der Waals surface area contributed by atoms with E-state index in [0.717, 1.165) is 35.2 Å². The quantitative estimate of drug-likeness (QED) is 0.863. The molecule has 0 radical (unpaired) electrons. The van der Waals surface area contributed by atoms with Crippen molar-refractivity contribution >= 4 is 0 Å². The summed E-state index contributed by atoms with van der Waals surface area (Å²) in [6, 6.07) is 4.27. The summed E-state index contributed by atoms with van der Waals surface area (Å²) in [5.41, 5.74) is 6.54. The van der Waals surface area contributed by atoms with Crippen molar-refractivity contribution in [3.63, 3.8) is 0 Å².